The number of carbonyl (C=O) groups is 1. The van der Waals surface area contributed by atoms with E-state index >= 15 is 4.39 Å². The van der Waals surface area contributed by atoms with Gasteiger partial charge in [0.1, 0.15) is 5.69 Å². The van der Waals surface area contributed by atoms with E-state index in [-0.39, 0.29) is 34.0 Å². The SMILES string of the molecule is C=CC(=O)Nc1cccc(-c2nc(Nc3cc(F)c(N4CCN(C)CC4)c(OP(=O)(O)O)c3)ncc2Cl)c1. The molecule has 2 aromatic carbocycles. The second kappa shape index (κ2) is 11.5. The highest BCUT2D eigenvalue weighted by atomic mass is 35.5. The summed E-state index contributed by atoms with van der Waals surface area (Å²) in [6.07, 6.45) is 2.49. The summed E-state index contributed by atoms with van der Waals surface area (Å²) >= 11 is 6.33. The van der Waals surface area contributed by atoms with Crippen molar-refractivity contribution in [1.29, 1.82) is 0 Å². The second-order valence-electron chi connectivity index (χ2n) is 8.47. The zero-order valence-electron chi connectivity index (χ0n) is 20.3. The molecular weight excluding hydrogens is 538 g/mol. The van der Waals surface area contributed by atoms with Gasteiger partial charge in [-0.3, -0.25) is 14.6 Å². The van der Waals surface area contributed by atoms with Gasteiger partial charge in [0.15, 0.2) is 11.6 Å². The van der Waals surface area contributed by atoms with Gasteiger partial charge in [0, 0.05) is 49.2 Å². The van der Waals surface area contributed by atoms with E-state index in [0.29, 0.717) is 43.1 Å². The van der Waals surface area contributed by atoms with Crippen molar-refractivity contribution in [3.8, 4) is 17.0 Å². The lowest BCUT2D eigenvalue weighted by Gasteiger charge is -2.35. The Hall–Kier alpha value is -3.54. The molecule has 1 saturated heterocycles. The molecule has 14 heteroatoms. The maximum Gasteiger partial charge on any atom is 0.524 e. The fourth-order valence-electron chi connectivity index (χ4n) is 3.88. The standard InChI is InChI=1S/C24H25ClFN6O5P/c1-3-21(33)28-16-6-4-5-15(11-16)22-18(25)14-27-24(30-22)29-17-12-19(26)23(20(13-17)37-38(34,35)36)32-9-7-31(2)8-10-32/h3-6,11-14H,1,7-10H2,2H3,(H,28,33)(H,27,29,30)(H2,34,35,36). The van der Waals surface area contributed by atoms with Crippen LogP contribution in [-0.4, -0.2) is 63.8 Å². The highest BCUT2D eigenvalue weighted by molar-refractivity contribution is 7.46. The Morgan fingerprint density at radius 2 is 1.95 bits per heavy atom. The molecule has 11 nitrogen and oxygen atoms in total. The van der Waals surface area contributed by atoms with Gasteiger partial charge in [-0.2, -0.15) is 0 Å². The molecule has 38 heavy (non-hydrogen) atoms. The molecule has 1 fully saturated rings. The number of nitrogens with zero attached hydrogens (tertiary/aromatic N) is 4. The van der Waals surface area contributed by atoms with Crippen molar-refractivity contribution in [2.45, 2.75) is 0 Å². The average molecular weight is 563 g/mol. The first-order valence-corrected chi connectivity index (χ1v) is 13.3. The highest BCUT2D eigenvalue weighted by Gasteiger charge is 2.27. The third-order valence-corrected chi connectivity index (χ3v) is 6.37. The van der Waals surface area contributed by atoms with Gasteiger partial charge >= 0.3 is 7.82 Å². The number of amides is 1. The van der Waals surface area contributed by atoms with Crippen LogP contribution >= 0.6 is 19.4 Å². The average Bonchev–Trinajstić information content (AvgIpc) is 2.85. The topological polar surface area (TPSA) is 140 Å². The number of nitrogens with one attached hydrogen (secondary N) is 2. The number of phosphoric ester groups is 1. The third kappa shape index (κ3) is 6.85. The minimum Gasteiger partial charge on any atom is -0.402 e. The lowest BCUT2D eigenvalue weighted by Crippen LogP contribution is -2.45. The van der Waals surface area contributed by atoms with E-state index in [9.17, 15) is 19.1 Å². The van der Waals surface area contributed by atoms with Gasteiger partial charge < -0.3 is 25.0 Å². The maximum atomic E-state index is 15.3. The summed E-state index contributed by atoms with van der Waals surface area (Å²) in [5, 5.41) is 5.72. The van der Waals surface area contributed by atoms with Crippen LogP contribution in [0.3, 0.4) is 0 Å². The molecule has 0 radical (unpaired) electrons. The number of rotatable bonds is 8. The number of hydrogen-bond acceptors (Lipinski definition) is 8. The molecule has 4 N–H and O–H groups in total. The van der Waals surface area contributed by atoms with Crippen molar-refractivity contribution in [2.24, 2.45) is 0 Å². The van der Waals surface area contributed by atoms with Crippen LogP contribution in [0.1, 0.15) is 0 Å². The van der Waals surface area contributed by atoms with Crippen LogP contribution in [0.5, 0.6) is 5.75 Å². The van der Waals surface area contributed by atoms with Crippen molar-refractivity contribution >= 4 is 48.3 Å². The highest BCUT2D eigenvalue weighted by Crippen LogP contribution is 2.45. The van der Waals surface area contributed by atoms with Crippen LogP contribution in [0, 0.1) is 5.82 Å². The maximum absolute atomic E-state index is 15.3. The predicted molar refractivity (Wildman–Crippen MR) is 143 cm³/mol. The Morgan fingerprint density at radius 1 is 1.21 bits per heavy atom. The minimum absolute atomic E-state index is 0.0388. The van der Waals surface area contributed by atoms with Crippen LogP contribution in [0.4, 0.5) is 27.4 Å². The largest absolute Gasteiger partial charge is 0.524 e. The first kappa shape index (κ1) is 27.5. The molecule has 1 aromatic heterocycles. The number of anilines is 4. The molecule has 3 aromatic rings. The zero-order valence-corrected chi connectivity index (χ0v) is 21.9. The molecular formula is C24H25ClFN6O5P. The van der Waals surface area contributed by atoms with Crippen molar-refractivity contribution in [1.82, 2.24) is 14.9 Å². The molecule has 0 saturated carbocycles. The molecule has 0 aliphatic carbocycles. The molecule has 0 unspecified atom stereocenters. The summed E-state index contributed by atoms with van der Waals surface area (Å²) in [6, 6.07) is 9.24. The van der Waals surface area contributed by atoms with E-state index in [1.54, 1.807) is 29.2 Å². The van der Waals surface area contributed by atoms with Gasteiger partial charge in [-0.05, 0) is 31.3 Å². The Balaban J connectivity index is 1.66. The summed E-state index contributed by atoms with van der Waals surface area (Å²) in [4.78, 5) is 42.8. The number of hydrogen-bond donors (Lipinski definition) is 4. The van der Waals surface area contributed by atoms with Crippen LogP contribution in [0.15, 0.2) is 55.3 Å². The summed E-state index contributed by atoms with van der Waals surface area (Å²) in [6.45, 7) is 5.62. The molecule has 2 heterocycles. The molecule has 0 bridgehead atoms. The van der Waals surface area contributed by atoms with Gasteiger partial charge in [0.25, 0.3) is 0 Å². The molecule has 1 aliphatic heterocycles. The lowest BCUT2D eigenvalue weighted by atomic mass is 10.1. The van der Waals surface area contributed by atoms with Crippen molar-refractivity contribution < 1.29 is 28.1 Å². The number of carbonyl (C=O) groups excluding carboxylic acids is 1. The Bertz CT molecular complexity index is 1410. The molecule has 1 amide bonds. The van der Waals surface area contributed by atoms with E-state index in [1.165, 1.54) is 18.3 Å². The van der Waals surface area contributed by atoms with Crippen molar-refractivity contribution in [3.05, 3.63) is 66.1 Å². The number of likely N-dealkylation sites (N-methyl/N-ethyl adjacent to an activating group) is 1. The number of aromatic nitrogens is 2. The summed E-state index contributed by atoms with van der Waals surface area (Å²) in [7, 11) is -3.06. The van der Waals surface area contributed by atoms with Gasteiger partial charge in [-0.1, -0.05) is 30.3 Å². The fraction of sp³-hybridized carbons (Fsp3) is 0.208. The van der Waals surface area contributed by atoms with E-state index < -0.39 is 13.6 Å². The van der Waals surface area contributed by atoms with E-state index in [4.69, 9.17) is 16.1 Å². The van der Waals surface area contributed by atoms with E-state index in [1.807, 2.05) is 7.05 Å². The summed E-state index contributed by atoms with van der Waals surface area (Å²) in [5.41, 5.74) is 1.47. The van der Waals surface area contributed by atoms with E-state index in [0.717, 1.165) is 6.08 Å². The Labute approximate surface area is 223 Å². The molecule has 4 rings (SSSR count). The van der Waals surface area contributed by atoms with Gasteiger partial charge in [-0.25, -0.2) is 18.9 Å². The fourth-order valence-corrected chi connectivity index (χ4v) is 4.47. The Morgan fingerprint density at radius 3 is 2.63 bits per heavy atom. The monoisotopic (exact) mass is 562 g/mol. The van der Waals surface area contributed by atoms with Crippen molar-refractivity contribution in [2.75, 3.05) is 48.8 Å². The van der Waals surface area contributed by atoms with Crippen LogP contribution in [0.2, 0.25) is 5.02 Å². The normalized spacial score (nSPS) is 14.2. The van der Waals surface area contributed by atoms with Crippen LogP contribution in [-0.2, 0) is 9.36 Å². The summed E-state index contributed by atoms with van der Waals surface area (Å²) < 4.78 is 31.8. The number of phosphoric acid groups is 1. The zero-order chi connectivity index (χ0) is 27.4. The van der Waals surface area contributed by atoms with Gasteiger partial charge in [0.2, 0.25) is 11.9 Å². The molecule has 0 spiro atoms. The quantitative estimate of drug-likeness (QED) is 0.235. The van der Waals surface area contributed by atoms with E-state index in [2.05, 4.69) is 32.1 Å². The molecule has 200 valence electrons. The molecule has 0 atom stereocenters. The van der Waals surface area contributed by atoms with Gasteiger partial charge in [-0.15, -0.1) is 0 Å². The van der Waals surface area contributed by atoms with Crippen LogP contribution in [0.25, 0.3) is 11.3 Å². The third-order valence-electron chi connectivity index (χ3n) is 5.65. The number of halogens is 2. The molecule has 1 aliphatic rings. The second-order valence-corrected chi connectivity index (χ2v) is 10.0. The van der Waals surface area contributed by atoms with Gasteiger partial charge in [0.05, 0.1) is 16.9 Å². The minimum atomic E-state index is -4.99. The lowest BCUT2D eigenvalue weighted by molar-refractivity contribution is -0.111. The van der Waals surface area contributed by atoms with Crippen molar-refractivity contribution in [3.63, 3.8) is 0 Å². The Kier molecular flexibility index (Phi) is 8.29. The van der Waals surface area contributed by atoms with Crippen LogP contribution < -0.4 is 20.1 Å². The predicted octanol–water partition coefficient (Wildman–Crippen LogP) is 4.03. The summed E-state index contributed by atoms with van der Waals surface area (Å²) in [5.74, 6) is -1.39. The number of piperazine rings is 1. The first-order valence-electron chi connectivity index (χ1n) is 11.4. The number of benzene rings is 2. The first-order chi connectivity index (χ1) is 18.0. The smallest absolute Gasteiger partial charge is 0.402 e.